The van der Waals surface area contributed by atoms with Crippen molar-refractivity contribution in [3.8, 4) is 11.5 Å². The van der Waals surface area contributed by atoms with Crippen molar-refractivity contribution in [2.45, 2.75) is 25.3 Å². The predicted octanol–water partition coefficient (Wildman–Crippen LogP) is 2.46. The average molecular weight is 286 g/mol. The molecule has 1 fully saturated rings. The lowest BCUT2D eigenvalue weighted by molar-refractivity contribution is 0.372. The molecule has 3 nitrogen and oxygen atoms in total. The van der Waals surface area contributed by atoms with Crippen LogP contribution in [0.2, 0.25) is 0 Å². The summed E-state index contributed by atoms with van der Waals surface area (Å²) in [6, 6.07) is 4.15. The molecule has 0 amide bonds. The van der Waals surface area contributed by atoms with Crippen LogP contribution in [0.5, 0.6) is 11.5 Å². The molecule has 1 saturated heterocycles. The van der Waals surface area contributed by atoms with E-state index in [1.807, 2.05) is 6.07 Å². The van der Waals surface area contributed by atoms with Gasteiger partial charge in [-0.25, -0.2) is 0 Å². The first-order chi connectivity index (χ1) is 7.70. The molecule has 1 atom stereocenters. The highest BCUT2D eigenvalue weighted by atomic mass is 79.9. The van der Waals surface area contributed by atoms with Crippen LogP contribution in [-0.4, -0.2) is 24.8 Å². The summed E-state index contributed by atoms with van der Waals surface area (Å²) in [6.07, 6.45) is 3.43. The third kappa shape index (κ3) is 2.50. The third-order valence-electron chi connectivity index (χ3n) is 2.98. The largest absolute Gasteiger partial charge is 0.504 e. The number of nitrogens with one attached hydrogen (secondary N) is 1. The first kappa shape index (κ1) is 11.7. The zero-order chi connectivity index (χ0) is 11.5. The van der Waals surface area contributed by atoms with Gasteiger partial charge >= 0.3 is 0 Å². The highest BCUT2D eigenvalue weighted by Gasteiger charge is 2.17. The van der Waals surface area contributed by atoms with Gasteiger partial charge in [0.25, 0.3) is 0 Å². The van der Waals surface area contributed by atoms with Gasteiger partial charge in [0.2, 0.25) is 0 Å². The smallest absolute Gasteiger partial charge is 0.160 e. The van der Waals surface area contributed by atoms with Crippen molar-refractivity contribution >= 4 is 15.9 Å². The van der Waals surface area contributed by atoms with Crippen LogP contribution < -0.4 is 10.1 Å². The predicted molar refractivity (Wildman–Crippen MR) is 67.1 cm³/mol. The highest BCUT2D eigenvalue weighted by Crippen LogP contribution is 2.33. The molecule has 1 heterocycles. The van der Waals surface area contributed by atoms with E-state index < -0.39 is 0 Å². The van der Waals surface area contributed by atoms with E-state index in [4.69, 9.17) is 4.74 Å². The minimum Gasteiger partial charge on any atom is -0.504 e. The monoisotopic (exact) mass is 285 g/mol. The van der Waals surface area contributed by atoms with E-state index in [9.17, 15) is 5.11 Å². The molecular weight excluding hydrogens is 270 g/mol. The summed E-state index contributed by atoms with van der Waals surface area (Å²) in [4.78, 5) is 0. The Bertz CT molecular complexity index is 376. The normalized spacial score (nSPS) is 20.0. The van der Waals surface area contributed by atoms with Crippen LogP contribution in [0.25, 0.3) is 0 Å². The number of hydrogen-bond donors (Lipinski definition) is 2. The van der Waals surface area contributed by atoms with Crippen LogP contribution in [-0.2, 0) is 6.42 Å². The summed E-state index contributed by atoms with van der Waals surface area (Å²) in [7, 11) is 1.57. The molecule has 1 aliphatic heterocycles. The van der Waals surface area contributed by atoms with E-state index in [0.717, 1.165) is 17.4 Å². The van der Waals surface area contributed by atoms with Gasteiger partial charge in [-0.15, -0.1) is 0 Å². The molecule has 1 aromatic carbocycles. The van der Waals surface area contributed by atoms with E-state index in [-0.39, 0.29) is 5.75 Å². The van der Waals surface area contributed by atoms with E-state index in [1.54, 1.807) is 13.2 Å². The van der Waals surface area contributed by atoms with Gasteiger partial charge in [-0.3, -0.25) is 0 Å². The van der Waals surface area contributed by atoms with Crippen molar-refractivity contribution < 1.29 is 9.84 Å². The second-order valence-corrected chi connectivity index (χ2v) is 4.97. The average Bonchev–Trinajstić information content (AvgIpc) is 2.75. The fourth-order valence-corrected chi connectivity index (χ4v) is 2.59. The maximum atomic E-state index is 9.61. The van der Waals surface area contributed by atoms with Crippen LogP contribution in [0, 0.1) is 0 Å². The molecule has 16 heavy (non-hydrogen) atoms. The number of aromatic hydroxyl groups is 1. The van der Waals surface area contributed by atoms with E-state index in [2.05, 4.69) is 21.2 Å². The van der Waals surface area contributed by atoms with Crippen molar-refractivity contribution in [1.82, 2.24) is 5.32 Å². The van der Waals surface area contributed by atoms with Crippen LogP contribution in [0.1, 0.15) is 18.4 Å². The second-order valence-electron chi connectivity index (χ2n) is 4.11. The quantitative estimate of drug-likeness (QED) is 0.897. The molecule has 1 unspecified atom stereocenters. The van der Waals surface area contributed by atoms with E-state index in [0.29, 0.717) is 11.8 Å². The van der Waals surface area contributed by atoms with Crippen molar-refractivity contribution in [3.05, 3.63) is 22.2 Å². The van der Waals surface area contributed by atoms with Gasteiger partial charge in [0.15, 0.2) is 11.5 Å². The van der Waals surface area contributed by atoms with E-state index in [1.165, 1.54) is 18.4 Å². The summed E-state index contributed by atoms with van der Waals surface area (Å²) in [6.45, 7) is 1.11. The molecule has 0 spiro atoms. The second kappa shape index (κ2) is 5.06. The Labute approximate surface area is 104 Å². The molecule has 88 valence electrons. The van der Waals surface area contributed by atoms with Gasteiger partial charge in [-0.1, -0.05) is 15.9 Å². The molecule has 1 aromatic rings. The Morgan fingerprint density at radius 1 is 1.56 bits per heavy atom. The standard InChI is InChI=1S/C12H16BrNO2/c1-16-12-6-8(10(13)7-11(12)15)5-9-3-2-4-14-9/h6-7,9,14-15H,2-5H2,1H3. The van der Waals surface area contributed by atoms with Gasteiger partial charge in [0, 0.05) is 10.5 Å². The van der Waals surface area contributed by atoms with Crippen molar-refractivity contribution in [1.29, 1.82) is 0 Å². The van der Waals surface area contributed by atoms with Gasteiger partial charge in [-0.2, -0.15) is 0 Å². The molecule has 1 aliphatic rings. The Morgan fingerprint density at radius 2 is 2.38 bits per heavy atom. The number of halogens is 1. The summed E-state index contributed by atoms with van der Waals surface area (Å²) >= 11 is 3.47. The van der Waals surface area contributed by atoms with E-state index >= 15 is 0 Å². The fraction of sp³-hybridized carbons (Fsp3) is 0.500. The maximum Gasteiger partial charge on any atom is 0.160 e. The lowest BCUT2D eigenvalue weighted by Gasteiger charge is -2.13. The molecule has 2 rings (SSSR count). The molecule has 0 aromatic heterocycles. The lowest BCUT2D eigenvalue weighted by Crippen LogP contribution is -2.23. The van der Waals surface area contributed by atoms with Gasteiger partial charge in [-0.05, 0) is 43.5 Å². The summed E-state index contributed by atoms with van der Waals surface area (Å²) in [5.41, 5.74) is 1.18. The Morgan fingerprint density at radius 3 is 3.00 bits per heavy atom. The topological polar surface area (TPSA) is 41.5 Å². The van der Waals surface area contributed by atoms with Crippen LogP contribution in [0.15, 0.2) is 16.6 Å². The van der Waals surface area contributed by atoms with Crippen molar-refractivity contribution in [2.24, 2.45) is 0 Å². The van der Waals surface area contributed by atoms with Gasteiger partial charge in [0.1, 0.15) is 0 Å². The Hall–Kier alpha value is -0.740. The number of phenols is 1. The number of rotatable bonds is 3. The zero-order valence-electron chi connectivity index (χ0n) is 9.29. The molecule has 4 heteroatoms. The molecular formula is C12H16BrNO2. The summed E-state index contributed by atoms with van der Waals surface area (Å²) < 4.78 is 6.06. The highest BCUT2D eigenvalue weighted by molar-refractivity contribution is 9.10. The van der Waals surface area contributed by atoms with Gasteiger partial charge in [0.05, 0.1) is 7.11 Å². The van der Waals surface area contributed by atoms with Crippen molar-refractivity contribution in [3.63, 3.8) is 0 Å². The first-order valence-corrected chi connectivity index (χ1v) is 6.28. The lowest BCUT2D eigenvalue weighted by atomic mass is 10.0. The zero-order valence-corrected chi connectivity index (χ0v) is 10.9. The molecule has 2 N–H and O–H groups in total. The summed E-state index contributed by atoms with van der Waals surface area (Å²) in [5, 5.41) is 13.1. The maximum absolute atomic E-state index is 9.61. The minimum absolute atomic E-state index is 0.178. The fourth-order valence-electron chi connectivity index (χ4n) is 2.10. The Kier molecular flexibility index (Phi) is 3.71. The number of phenolic OH excluding ortho intramolecular Hbond substituents is 1. The number of methoxy groups -OCH3 is 1. The Balaban J connectivity index is 2.18. The SMILES string of the molecule is COc1cc(CC2CCCN2)c(Br)cc1O. The number of hydrogen-bond acceptors (Lipinski definition) is 3. The molecule has 0 bridgehead atoms. The van der Waals surface area contributed by atoms with Crippen LogP contribution in [0.4, 0.5) is 0 Å². The third-order valence-corrected chi connectivity index (χ3v) is 3.71. The number of benzene rings is 1. The van der Waals surface area contributed by atoms with Crippen LogP contribution >= 0.6 is 15.9 Å². The van der Waals surface area contributed by atoms with Crippen LogP contribution in [0.3, 0.4) is 0 Å². The molecule has 0 radical (unpaired) electrons. The molecule has 0 aliphatic carbocycles. The number of ether oxygens (including phenoxy) is 1. The molecule has 0 saturated carbocycles. The first-order valence-electron chi connectivity index (χ1n) is 5.49. The minimum atomic E-state index is 0.178. The van der Waals surface area contributed by atoms with Gasteiger partial charge < -0.3 is 15.2 Å². The summed E-state index contributed by atoms with van der Waals surface area (Å²) in [5.74, 6) is 0.716. The van der Waals surface area contributed by atoms with Crippen molar-refractivity contribution in [2.75, 3.05) is 13.7 Å².